The summed E-state index contributed by atoms with van der Waals surface area (Å²) in [4.78, 5) is 60.6. The molecule has 0 radical (unpaired) electrons. The number of carboxylic acid groups (broad SMARTS) is 1. The largest absolute Gasteiger partial charge is 0.480 e. The van der Waals surface area contributed by atoms with Crippen molar-refractivity contribution in [2.75, 3.05) is 6.54 Å². The Balaban J connectivity index is 5.45. The van der Waals surface area contributed by atoms with Gasteiger partial charge < -0.3 is 43.4 Å². The van der Waals surface area contributed by atoms with Crippen molar-refractivity contribution in [3.05, 3.63) is 0 Å². The van der Waals surface area contributed by atoms with Crippen LogP contribution in [0.1, 0.15) is 59.3 Å². The molecule has 0 bridgehead atoms. The van der Waals surface area contributed by atoms with Crippen molar-refractivity contribution in [1.82, 2.24) is 16.0 Å². The zero-order chi connectivity index (χ0) is 26.4. The number of rotatable bonds is 17. The number of amides is 4. The maximum absolute atomic E-state index is 12.8. The van der Waals surface area contributed by atoms with Crippen molar-refractivity contribution in [2.45, 2.75) is 89.6 Å². The quantitative estimate of drug-likeness (QED) is 0.102. The van der Waals surface area contributed by atoms with Crippen LogP contribution in [0.5, 0.6) is 0 Å². The highest BCUT2D eigenvalue weighted by atomic mass is 16.4. The number of hydrogen-bond donors (Lipinski definition) is 8. The highest BCUT2D eigenvalue weighted by Gasteiger charge is 2.32. The number of aliphatic hydroxyl groups excluding tert-OH is 1. The summed E-state index contributed by atoms with van der Waals surface area (Å²) in [5.41, 5.74) is 16.4. The molecule has 0 fully saturated rings. The van der Waals surface area contributed by atoms with Gasteiger partial charge in [0.05, 0.1) is 12.1 Å². The van der Waals surface area contributed by atoms with Gasteiger partial charge in [-0.3, -0.25) is 19.2 Å². The molecule has 5 atom stereocenters. The second kappa shape index (κ2) is 16.0. The Labute approximate surface area is 199 Å². The molecule has 0 aromatic heterocycles. The summed E-state index contributed by atoms with van der Waals surface area (Å²) >= 11 is 0. The molecule has 0 heterocycles. The number of carboxylic acids is 1. The fraction of sp³-hybridized carbons (Fsp3) is 0.762. The van der Waals surface area contributed by atoms with Crippen molar-refractivity contribution in [2.24, 2.45) is 23.1 Å². The van der Waals surface area contributed by atoms with E-state index in [4.69, 9.17) is 17.2 Å². The van der Waals surface area contributed by atoms with Gasteiger partial charge >= 0.3 is 5.97 Å². The first-order chi connectivity index (χ1) is 15.8. The highest BCUT2D eigenvalue weighted by molar-refractivity contribution is 5.94. The topological polar surface area (TPSA) is 240 Å². The summed E-state index contributed by atoms with van der Waals surface area (Å²) in [6, 6.07) is -4.91. The fourth-order valence-corrected chi connectivity index (χ4v) is 3.12. The molecule has 0 saturated heterocycles. The van der Waals surface area contributed by atoms with E-state index >= 15 is 0 Å². The van der Waals surface area contributed by atoms with E-state index < -0.39 is 59.9 Å². The Bertz CT molecular complexity index is 701. The Morgan fingerprint density at radius 2 is 1.44 bits per heavy atom. The number of hydrogen-bond acceptors (Lipinski definition) is 8. The molecule has 0 aromatic rings. The molecule has 0 aliphatic heterocycles. The molecule has 34 heavy (non-hydrogen) atoms. The summed E-state index contributed by atoms with van der Waals surface area (Å²) in [6.45, 7) is 5.38. The van der Waals surface area contributed by atoms with E-state index in [1.807, 2.05) is 13.8 Å². The minimum Gasteiger partial charge on any atom is -0.480 e. The first-order valence-electron chi connectivity index (χ1n) is 11.4. The molecule has 0 rings (SSSR count). The van der Waals surface area contributed by atoms with Gasteiger partial charge in [-0.05, 0) is 51.5 Å². The molecule has 4 amide bonds. The Morgan fingerprint density at radius 3 is 1.91 bits per heavy atom. The van der Waals surface area contributed by atoms with Gasteiger partial charge in [0.25, 0.3) is 0 Å². The van der Waals surface area contributed by atoms with Gasteiger partial charge in [0.2, 0.25) is 23.6 Å². The van der Waals surface area contributed by atoms with Gasteiger partial charge in [0.1, 0.15) is 18.1 Å². The number of aliphatic hydroxyl groups is 1. The monoisotopic (exact) mass is 488 g/mol. The van der Waals surface area contributed by atoms with Crippen LogP contribution in [-0.2, 0) is 24.0 Å². The average Bonchev–Trinajstić information content (AvgIpc) is 2.72. The molecule has 196 valence electrons. The van der Waals surface area contributed by atoms with E-state index in [0.29, 0.717) is 25.8 Å². The fourth-order valence-electron chi connectivity index (χ4n) is 3.12. The van der Waals surface area contributed by atoms with E-state index in [9.17, 15) is 34.2 Å². The molecule has 0 spiro atoms. The van der Waals surface area contributed by atoms with Gasteiger partial charge in [-0.25, -0.2) is 4.79 Å². The number of nitrogens with two attached hydrogens (primary N) is 3. The minimum atomic E-state index is -1.44. The van der Waals surface area contributed by atoms with Crippen LogP contribution in [0.2, 0.25) is 0 Å². The van der Waals surface area contributed by atoms with Crippen molar-refractivity contribution < 1.29 is 34.2 Å². The zero-order valence-electron chi connectivity index (χ0n) is 20.1. The SMILES string of the molecule is CC(C)CC(N)C(=O)NC(C(=O)NC(CCC(N)=O)C(=O)NC(CCCCN)C(=O)O)C(C)O. The average molecular weight is 489 g/mol. The van der Waals surface area contributed by atoms with Crippen LogP contribution in [0.3, 0.4) is 0 Å². The third-order valence-corrected chi connectivity index (χ3v) is 5.00. The van der Waals surface area contributed by atoms with E-state index in [1.54, 1.807) is 0 Å². The second-order valence-electron chi connectivity index (χ2n) is 8.71. The molecule has 13 heteroatoms. The lowest BCUT2D eigenvalue weighted by Crippen LogP contribution is -2.59. The third-order valence-electron chi connectivity index (χ3n) is 5.00. The number of nitrogens with one attached hydrogen (secondary N) is 3. The maximum atomic E-state index is 12.8. The summed E-state index contributed by atoms with van der Waals surface area (Å²) < 4.78 is 0. The van der Waals surface area contributed by atoms with Crippen molar-refractivity contribution >= 4 is 29.6 Å². The summed E-state index contributed by atoms with van der Waals surface area (Å²) in [5.74, 6) is -4.28. The summed E-state index contributed by atoms with van der Waals surface area (Å²) in [7, 11) is 0. The summed E-state index contributed by atoms with van der Waals surface area (Å²) in [6.07, 6.45) is -0.323. The predicted octanol–water partition coefficient (Wildman–Crippen LogP) is -2.33. The molecule has 11 N–H and O–H groups in total. The van der Waals surface area contributed by atoms with Gasteiger partial charge in [0.15, 0.2) is 0 Å². The van der Waals surface area contributed by atoms with Gasteiger partial charge in [-0.1, -0.05) is 13.8 Å². The second-order valence-corrected chi connectivity index (χ2v) is 8.71. The molecule has 5 unspecified atom stereocenters. The van der Waals surface area contributed by atoms with Crippen LogP contribution in [0.15, 0.2) is 0 Å². The molecule has 0 saturated carbocycles. The molecular formula is C21H40N6O7. The maximum Gasteiger partial charge on any atom is 0.326 e. The van der Waals surface area contributed by atoms with Gasteiger partial charge in [-0.15, -0.1) is 0 Å². The third kappa shape index (κ3) is 12.5. The Kier molecular flexibility index (Phi) is 14.7. The normalized spacial score (nSPS) is 15.5. The van der Waals surface area contributed by atoms with Crippen LogP contribution in [-0.4, -0.2) is 76.6 Å². The van der Waals surface area contributed by atoms with Crippen LogP contribution in [0, 0.1) is 5.92 Å². The Hall–Kier alpha value is -2.77. The van der Waals surface area contributed by atoms with Crippen LogP contribution in [0.4, 0.5) is 0 Å². The first-order valence-corrected chi connectivity index (χ1v) is 11.4. The number of primary amides is 1. The van der Waals surface area contributed by atoms with Crippen molar-refractivity contribution in [3.63, 3.8) is 0 Å². The highest BCUT2D eigenvalue weighted by Crippen LogP contribution is 2.07. The van der Waals surface area contributed by atoms with E-state index in [2.05, 4.69) is 16.0 Å². The van der Waals surface area contributed by atoms with Crippen LogP contribution >= 0.6 is 0 Å². The smallest absolute Gasteiger partial charge is 0.326 e. The molecular weight excluding hydrogens is 448 g/mol. The molecule has 0 aliphatic carbocycles. The van der Waals surface area contributed by atoms with Gasteiger partial charge in [0, 0.05) is 6.42 Å². The van der Waals surface area contributed by atoms with Crippen LogP contribution in [0.25, 0.3) is 0 Å². The minimum absolute atomic E-state index is 0.119. The lowest BCUT2D eigenvalue weighted by Gasteiger charge is -2.26. The van der Waals surface area contributed by atoms with Crippen molar-refractivity contribution in [1.29, 1.82) is 0 Å². The van der Waals surface area contributed by atoms with Crippen molar-refractivity contribution in [3.8, 4) is 0 Å². The number of carbonyl (C=O) groups is 5. The number of unbranched alkanes of at least 4 members (excludes halogenated alkanes) is 1. The Morgan fingerprint density at radius 1 is 0.853 bits per heavy atom. The molecule has 13 nitrogen and oxygen atoms in total. The van der Waals surface area contributed by atoms with E-state index in [-0.39, 0.29) is 25.2 Å². The zero-order valence-corrected chi connectivity index (χ0v) is 20.1. The van der Waals surface area contributed by atoms with Gasteiger partial charge in [-0.2, -0.15) is 0 Å². The molecule has 0 aromatic carbocycles. The molecule has 0 aliphatic rings. The predicted molar refractivity (Wildman–Crippen MR) is 124 cm³/mol. The van der Waals surface area contributed by atoms with Crippen LogP contribution < -0.4 is 33.2 Å². The number of carbonyl (C=O) groups excluding carboxylic acids is 4. The summed E-state index contributed by atoms with van der Waals surface area (Å²) in [5, 5.41) is 26.5. The standard InChI is InChI=1S/C21H40N6O7/c1-11(2)10-13(23)18(30)27-17(12(3)28)20(32)25-14(7-8-16(24)29)19(31)26-15(21(33)34)6-4-5-9-22/h11-15,17,28H,4-10,22-23H2,1-3H3,(H2,24,29)(H,25,32)(H,26,31)(H,27,30)(H,33,34). The van der Waals surface area contributed by atoms with E-state index in [1.165, 1.54) is 6.92 Å². The van der Waals surface area contributed by atoms with E-state index in [0.717, 1.165) is 0 Å². The lowest BCUT2D eigenvalue weighted by molar-refractivity contribution is -0.142. The first kappa shape index (κ1) is 31.2. The lowest BCUT2D eigenvalue weighted by atomic mass is 10.0. The number of aliphatic carboxylic acids is 1.